The number of ether oxygens (including phenoxy) is 2. The van der Waals surface area contributed by atoms with Crippen molar-refractivity contribution in [2.75, 3.05) is 20.8 Å². The lowest BCUT2D eigenvalue weighted by Crippen LogP contribution is -2.54. The molecule has 118 valence electrons. The summed E-state index contributed by atoms with van der Waals surface area (Å²) in [5.41, 5.74) is 4.43. The number of hydrogen-bond acceptors (Lipinski definition) is 4. The number of quaternary nitrogens is 1. The van der Waals surface area contributed by atoms with E-state index in [1.54, 1.807) is 42.5 Å². The molecule has 0 unspecified atom stereocenters. The fourth-order valence-electron chi connectivity index (χ4n) is 2.34. The van der Waals surface area contributed by atoms with Gasteiger partial charge in [0.2, 0.25) is 0 Å². The highest BCUT2D eigenvalue weighted by atomic mass is 32.2. The summed E-state index contributed by atoms with van der Waals surface area (Å²) in [7, 11) is -0.494. The van der Waals surface area contributed by atoms with Gasteiger partial charge in [0.1, 0.15) is 16.7 Å². The Labute approximate surface area is 130 Å². The van der Waals surface area contributed by atoms with E-state index in [9.17, 15) is 8.42 Å². The minimum absolute atomic E-state index is 0.217. The molecule has 0 amide bonds. The third kappa shape index (κ3) is 3.08. The van der Waals surface area contributed by atoms with E-state index in [-0.39, 0.29) is 11.4 Å². The summed E-state index contributed by atoms with van der Waals surface area (Å²) in [6.07, 6.45) is 0. The molecule has 0 radical (unpaired) electrons. The Bertz CT molecular complexity index is 726. The second-order valence-electron chi connectivity index (χ2n) is 4.74. The number of benzene rings is 2. The van der Waals surface area contributed by atoms with Gasteiger partial charge >= 0.3 is 0 Å². The molecule has 0 saturated carbocycles. The lowest BCUT2D eigenvalue weighted by Gasteiger charge is -2.17. The van der Waals surface area contributed by atoms with Crippen LogP contribution in [0.1, 0.15) is 10.8 Å². The molecule has 0 aliphatic carbocycles. The highest BCUT2D eigenvalue weighted by Gasteiger charge is 2.31. The number of rotatable bonds is 6. The van der Waals surface area contributed by atoms with Crippen LogP contribution in [-0.4, -0.2) is 29.2 Å². The number of para-hydroxylation sites is 1. The van der Waals surface area contributed by atoms with Gasteiger partial charge in [-0.1, -0.05) is 18.2 Å². The molecule has 5 nitrogen and oxygen atoms in total. The molecule has 6 heteroatoms. The first kappa shape index (κ1) is 16.3. The Morgan fingerprint density at radius 3 is 2.18 bits per heavy atom. The predicted octanol–water partition coefficient (Wildman–Crippen LogP) is 1.46. The van der Waals surface area contributed by atoms with E-state index in [2.05, 4.69) is 5.73 Å². The van der Waals surface area contributed by atoms with Crippen molar-refractivity contribution in [3.63, 3.8) is 0 Å². The SMILES string of the molecule is COc1ccc(S(=O)(=O)[C@H](C[NH3+])c2ccccc2OC)cc1. The van der Waals surface area contributed by atoms with Gasteiger partial charge in [0.05, 0.1) is 25.7 Å². The van der Waals surface area contributed by atoms with Crippen LogP contribution in [0, 0.1) is 0 Å². The molecule has 1 atom stereocenters. The summed E-state index contributed by atoms with van der Waals surface area (Å²) >= 11 is 0. The normalized spacial score (nSPS) is 12.7. The van der Waals surface area contributed by atoms with Crippen LogP contribution in [0.15, 0.2) is 53.4 Å². The monoisotopic (exact) mass is 322 g/mol. The van der Waals surface area contributed by atoms with E-state index in [0.717, 1.165) is 0 Å². The van der Waals surface area contributed by atoms with Crippen LogP contribution in [0.2, 0.25) is 0 Å². The maximum absolute atomic E-state index is 12.9. The average Bonchev–Trinajstić information content (AvgIpc) is 2.55. The van der Waals surface area contributed by atoms with Crippen LogP contribution in [0.25, 0.3) is 0 Å². The van der Waals surface area contributed by atoms with Crippen molar-refractivity contribution < 1.29 is 23.6 Å². The van der Waals surface area contributed by atoms with Crippen molar-refractivity contribution in [1.29, 1.82) is 0 Å². The van der Waals surface area contributed by atoms with Gasteiger partial charge in [-0.15, -0.1) is 0 Å². The van der Waals surface area contributed by atoms with Gasteiger partial charge in [0.15, 0.2) is 9.84 Å². The van der Waals surface area contributed by atoms with Crippen LogP contribution >= 0.6 is 0 Å². The molecule has 0 bridgehead atoms. The third-order valence-corrected chi connectivity index (χ3v) is 5.68. The van der Waals surface area contributed by atoms with E-state index in [1.807, 2.05) is 6.07 Å². The molecule has 0 aliphatic rings. The minimum Gasteiger partial charge on any atom is -0.497 e. The molecule has 3 N–H and O–H groups in total. The van der Waals surface area contributed by atoms with Crippen molar-refractivity contribution >= 4 is 9.84 Å². The summed E-state index contributed by atoms with van der Waals surface area (Å²) in [5, 5.41) is -0.753. The van der Waals surface area contributed by atoms with Crippen LogP contribution in [0.5, 0.6) is 11.5 Å². The molecule has 0 fully saturated rings. The van der Waals surface area contributed by atoms with E-state index >= 15 is 0 Å². The van der Waals surface area contributed by atoms with E-state index in [1.165, 1.54) is 14.2 Å². The lowest BCUT2D eigenvalue weighted by atomic mass is 10.1. The van der Waals surface area contributed by atoms with Gasteiger partial charge < -0.3 is 15.2 Å². The van der Waals surface area contributed by atoms with Gasteiger partial charge in [-0.2, -0.15) is 0 Å². The molecule has 0 saturated heterocycles. The highest BCUT2D eigenvalue weighted by Crippen LogP contribution is 2.33. The Hall–Kier alpha value is -2.05. The van der Waals surface area contributed by atoms with Gasteiger partial charge in [-0.3, -0.25) is 0 Å². The van der Waals surface area contributed by atoms with Crippen LogP contribution in [0.4, 0.5) is 0 Å². The number of sulfone groups is 1. The molecule has 2 aromatic carbocycles. The molecular weight excluding hydrogens is 302 g/mol. The summed E-state index contributed by atoms with van der Waals surface area (Å²) in [4.78, 5) is 0.243. The fraction of sp³-hybridized carbons (Fsp3) is 0.250. The first-order valence-corrected chi connectivity index (χ1v) is 8.39. The molecule has 22 heavy (non-hydrogen) atoms. The lowest BCUT2D eigenvalue weighted by molar-refractivity contribution is -0.367. The molecular formula is C16H20NO4S+. The molecule has 0 aromatic heterocycles. The zero-order chi connectivity index (χ0) is 16.2. The van der Waals surface area contributed by atoms with Gasteiger partial charge in [0, 0.05) is 5.56 Å². The van der Waals surface area contributed by atoms with Crippen LogP contribution in [-0.2, 0) is 9.84 Å². The first-order valence-electron chi connectivity index (χ1n) is 6.84. The van der Waals surface area contributed by atoms with Gasteiger partial charge in [-0.25, -0.2) is 8.42 Å². The van der Waals surface area contributed by atoms with Crippen molar-refractivity contribution in [2.24, 2.45) is 0 Å². The van der Waals surface area contributed by atoms with E-state index < -0.39 is 15.1 Å². The Morgan fingerprint density at radius 2 is 1.64 bits per heavy atom. The van der Waals surface area contributed by atoms with Crippen molar-refractivity contribution in [2.45, 2.75) is 10.1 Å². The number of hydrogen-bond donors (Lipinski definition) is 1. The number of methoxy groups -OCH3 is 2. The zero-order valence-electron chi connectivity index (χ0n) is 12.7. The molecule has 2 aromatic rings. The first-order chi connectivity index (χ1) is 10.5. The maximum atomic E-state index is 12.9. The topological polar surface area (TPSA) is 80.2 Å². The van der Waals surface area contributed by atoms with Crippen molar-refractivity contribution in [1.82, 2.24) is 0 Å². The van der Waals surface area contributed by atoms with E-state index in [4.69, 9.17) is 9.47 Å². The summed E-state index contributed by atoms with van der Waals surface area (Å²) in [5.74, 6) is 1.16. The fourth-order valence-corrected chi connectivity index (χ4v) is 4.02. The average molecular weight is 322 g/mol. The Kier molecular flexibility index (Phi) is 5.05. The minimum atomic E-state index is -3.56. The van der Waals surface area contributed by atoms with Gasteiger partial charge in [0.25, 0.3) is 0 Å². The Morgan fingerprint density at radius 1 is 1.00 bits per heavy atom. The standard InChI is InChI=1S/C16H19NO4S/c1-20-12-7-9-13(10-8-12)22(18,19)16(11-17)14-5-3-4-6-15(14)21-2/h3-10,16H,11,17H2,1-2H3/p+1/t16-/m1/s1. The molecule has 0 spiro atoms. The maximum Gasteiger partial charge on any atom is 0.191 e. The molecule has 0 aliphatic heterocycles. The second-order valence-corrected chi connectivity index (χ2v) is 6.87. The summed E-state index contributed by atoms with van der Waals surface area (Å²) in [6.45, 7) is 0.217. The summed E-state index contributed by atoms with van der Waals surface area (Å²) in [6, 6.07) is 13.5. The molecule has 0 heterocycles. The van der Waals surface area contributed by atoms with Crippen LogP contribution in [0.3, 0.4) is 0 Å². The highest BCUT2D eigenvalue weighted by molar-refractivity contribution is 7.91. The summed E-state index contributed by atoms with van der Waals surface area (Å²) < 4.78 is 36.1. The second kappa shape index (κ2) is 6.81. The predicted molar refractivity (Wildman–Crippen MR) is 83.7 cm³/mol. The quantitative estimate of drug-likeness (QED) is 0.873. The zero-order valence-corrected chi connectivity index (χ0v) is 13.5. The van der Waals surface area contributed by atoms with E-state index in [0.29, 0.717) is 17.1 Å². The van der Waals surface area contributed by atoms with Crippen LogP contribution < -0.4 is 15.2 Å². The third-order valence-electron chi connectivity index (χ3n) is 3.51. The van der Waals surface area contributed by atoms with Crippen molar-refractivity contribution in [3.05, 3.63) is 54.1 Å². The largest absolute Gasteiger partial charge is 0.497 e. The van der Waals surface area contributed by atoms with Crippen molar-refractivity contribution in [3.8, 4) is 11.5 Å². The Balaban J connectivity index is 2.48. The molecule has 2 rings (SSSR count). The smallest absolute Gasteiger partial charge is 0.191 e. The van der Waals surface area contributed by atoms with Gasteiger partial charge in [-0.05, 0) is 30.3 Å².